The highest BCUT2D eigenvalue weighted by molar-refractivity contribution is 7.92. The number of halogens is 2. The van der Waals surface area contributed by atoms with Crippen LogP contribution in [0.25, 0.3) is 0 Å². The molecule has 8 nitrogen and oxygen atoms in total. The lowest BCUT2D eigenvalue weighted by atomic mass is 10.0. The van der Waals surface area contributed by atoms with Gasteiger partial charge in [0.15, 0.2) is 0 Å². The molecule has 0 aliphatic heterocycles. The fourth-order valence-corrected chi connectivity index (χ4v) is 5.71. The molecule has 0 aliphatic rings. The molecule has 1 atom stereocenters. The smallest absolute Gasteiger partial charge is 0.244 e. The van der Waals surface area contributed by atoms with Crippen molar-refractivity contribution < 1.29 is 22.7 Å². The SMILES string of the molecule is COc1ccc(C)cc1N(CC(=O)N(Cc1ccc(Cl)cc1Cl)[C@@H](Cc1ccccc1)C(=O)NCC(C)C)S(C)(=O)=O. The van der Waals surface area contributed by atoms with Crippen molar-refractivity contribution in [3.8, 4) is 5.75 Å². The molecular formula is C31H37Cl2N3O5S. The van der Waals surface area contributed by atoms with Gasteiger partial charge in [-0.25, -0.2) is 8.42 Å². The van der Waals surface area contributed by atoms with Gasteiger partial charge in [0.2, 0.25) is 21.8 Å². The Balaban J connectivity index is 2.12. The zero-order valence-corrected chi connectivity index (χ0v) is 26.8. The molecule has 3 aromatic rings. The number of benzene rings is 3. The number of anilines is 1. The molecular weight excluding hydrogens is 597 g/mol. The standard InChI is InChI=1S/C31H37Cl2N3O5S/c1-21(2)18-34-31(38)28(16-23-9-7-6-8-10-23)35(19-24-12-13-25(32)17-26(24)33)30(37)20-36(42(5,39)40)27-15-22(3)11-14-29(27)41-4/h6-15,17,21,28H,16,18-20H2,1-5H3,(H,34,38)/t28-/m0/s1. The topological polar surface area (TPSA) is 96.0 Å². The van der Waals surface area contributed by atoms with Crippen LogP contribution in [0.4, 0.5) is 5.69 Å². The summed E-state index contributed by atoms with van der Waals surface area (Å²) in [6, 6.07) is 18.3. The second kappa shape index (κ2) is 14.8. The molecule has 42 heavy (non-hydrogen) atoms. The molecule has 3 aromatic carbocycles. The summed E-state index contributed by atoms with van der Waals surface area (Å²) in [4.78, 5) is 29.3. The lowest BCUT2D eigenvalue weighted by Gasteiger charge is -2.34. The van der Waals surface area contributed by atoms with E-state index >= 15 is 0 Å². The summed E-state index contributed by atoms with van der Waals surface area (Å²) in [5.74, 6) is -0.474. The van der Waals surface area contributed by atoms with Gasteiger partial charge in [-0.3, -0.25) is 13.9 Å². The normalized spacial score (nSPS) is 12.1. The van der Waals surface area contributed by atoms with Crippen molar-refractivity contribution in [3.63, 3.8) is 0 Å². The van der Waals surface area contributed by atoms with E-state index in [-0.39, 0.29) is 30.5 Å². The van der Waals surface area contributed by atoms with Crippen molar-refractivity contribution in [3.05, 3.63) is 93.5 Å². The lowest BCUT2D eigenvalue weighted by molar-refractivity contribution is -0.140. The first kappa shape index (κ1) is 33.2. The van der Waals surface area contributed by atoms with E-state index in [1.54, 1.807) is 36.4 Å². The molecule has 0 saturated heterocycles. The molecule has 2 amide bonds. The number of methoxy groups -OCH3 is 1. The number of aryl methyl sites for hydroxylation is 1. The van der Waals surface area contributed by atoms with Gasteiger partial charge in [0, 0.05) is 29.6 Å². The third-order valence-electron chi connectivity index (χ3n) is 6.59. The van der Waals surface area contributed by atoms with E-state index in [4.69, 9.17) is 27.9 Å². The summed E-state index contributed by atoms with van der Waals surface area (Å²) < 4.78 is 32.6. The number of carbonyl (C=O) groups is 2. The second-order valence-electron chi connectivity index (χ2n) is 10.5. The predicted octanol–water partition coefficient (Wildman–Crippen LogP) is 5.49. The molecule has 0 saturated carbocycles. The molecule has 1 N–H and O–H groups in total. The maximum atomic E-state index is 14.2. The predicted molar refractivity (Wildman–Crippen MR) is 169 cm³/mol. The highest BCUT2D eigenvalue weighted by Crippen LogP contribution is 2.32. The molecule has 0 fully saturated rings. The summed E-state index contributed by atoms with van der Waals surface area (Å²) in [7, 11) is -2.52. The summed E-state index contributed by atoms with van der Waals surface area (Å²) in [6.07, 6.45) is 1.23. The van der Waals surface area contributed by atoms with E-state index in [0.29, 0.717) is 27.9 Å². The molecule has 0 bridgehead atoms. The first-order valence-electron chi connectivity index (χ1n) is 13.5. The maximum absolute atomic E-state index is 14.2. The van der Waals surface area contributed by atoms with Crippen molar-refractivity contribution in [1.29, 1.82) is 0 Å². The highest BCUT2D eigenvalue weighted by atomic mass is 35.5. The minimum Gasteiger partial charge on any atom is -0.495 e. The van der Waals surface area contributed by atoms with Gasteiger partial charge >= 0.3 is 0 Å². The van der Waals surface area contributed by atoms with Gasteiger partial charge in [-0.2, -0.15) is 0 Å². The molecule has 0 aliphatic carbocycles. The van der Waals surface area contributed by atoms with E-state index in [1.807, 2.05) is 51.1 Å². The number of rotatable bonds is 13. The summed E-state index contributed by atoms with van der Waals surface area (Å²) >= 11 is 12.6. The van der Waals surface area contributed by atoms with Crippen LogP contribution in [-0.2, 0) is 32.6 Å². The number of amides is 2. The zero-order chi connectivity index (χ0) is 31.0. The Morgan fingerprint density at radius 2 is 1.69 bits per heavy atom. The first-order chi connectivity index (χ1) is 19.8. The average Bonchev–Trinajstić information content (AvgIpc) is 2.93. The quantitative estimate of drug-likeness (QED) is 0.269. The summed E-state index contributed by atoms with van der Waals surface area (Å²) in [5, 5.41) is 3.69. The van der Waals surface area contributed by atoms with E-state index < -0.39 is 28.5 Å². The van der Waals surface area contributed by atoms with Crippen LogP contribution in [-0.4, -0.2) is 57.6 Å². The summed E-state index contributed by atoms with van der Waals surface area (Å²) in [6.45, 7) is 5.56. The minimum absolute atomic E-state index is 0.0516. The van der Waals surface area contributed by atoms with Gasteiger partial charge in [-0.05, 0) is 53.8 Å². The number of nitrogens with one attached hydrogen (secondary N) is 1. The van der Waals surface area contributed by atoms with Crippen LogP contribution < -0.4 is 14.4 Å². The summed E-state index contributed by atoms with van der Waals surface area (Å²) in [5.41, 5.74) is 2.40. The van der Waals surface area contributed by atoms with Crippen molar-refractivity contribution >= 4 is 50.7 Å². The van der Waals surface area contributed by atoms with E-state index in [9.17, 15) is 18.0 Å². The Bertz CT molecular complexity index is 1500. The van der Waals surface area contributed by atoms with Crippen LogP contribution in [0.2, 0.25) is 10.0 Å². The molecule has 0 aromatic heterocycles. The largest absolute Gasteiger partial charge is 0.495 e. The Morgan fingerprint density at radius 1 is 1.00 bits per heavy atom. The number of hydrogen-bond donors (Lipinski definition) is 1. The molecule has 226 valence electrons. The van der Waals surface area contributed by atoms with E-state index in [0.717, 1.165) is 21.7 Å². The van der Waals surface area contributed by atoms with Crippen molar-refractivity contribution in [1.82, 2.24) is 10.2 Å². The Hall–Kier alpha value is -3.27. The monoisotopic (exact) mass is 633 g/mol. The molecule has 0 spiro atoms. The fraction of sp³-hybridized carbons (Fsp3) is 0.355. The third kappa shape index (κ3) is 9.11. The second-order valence-corrected chi connectivity index (χ2v) is 13.3. The molecule has 11 heteroatoms. The number of ether oxygens (including phenoxy) is 1. The van der Waals surface area contributed by atoms with Crippen LogP contribution in [0.15, 0.2) is 66.7 Å². The van der Waals surface area contributed by atoms with Crippen molar-refractivity contribution in [2.45, 2.75) is 39.8 Å². The third-order valence-corrected chi connectivity index (χ3v) is 8.31. The van der Waals surface area contributed by atoms with Crippen molar-refractivity contribution in [2.24, 2.45) is 5.92 Å². The van der Waals surface area contributed by atoms with Crippen LogP contribution in [0.5, 0.6) is 5.75 Å². The molecule has 0 radical (unpaired) electrons. The number of hydrogen-bond acceptors (Lipinski definition) is 5. The number of carbonyl (C=O) groups excluding carboxylic acids is 2. The molecule has 0 heterocycles. The average molecular weight is 635 g/mol. The Labute approximate surface area is 258 Å². The lowest BCUT2D eigenvalue weighted by Crippen LogP contribution is -2.53. The van der Waals surface area contributed by atoms with Gasteiger partial charge < -0.3 is 15.0 Å². The van der Waals surface area contributed by atoms with Gasteiger partial charge in [0.25, 0.3) is 0 Å². The van der Waals surface area contributed by atoms with Gasteiger partial charge in [-0.15, -0.1) is 0 Å². The zero-order valence-electron chi connectivity index (χ0n) is 24.4. The van der Waals surface area contributed by atoms with Gasteiger partial charge in [0.1, 0.15) is 18.3 Å². The Morgan fingerprint density at radius 3 is 2.29 bits per heavy atom. The van der Waals surface area contributed by atoms with Crippen LogP contribution in [0, 0.1) is 12.8 Å². The van der Waals surface area contributed by atoms with E-state index in [1.165, 1.54) is 12.0 Å². The number of nitrogens with zero attached hydrogens (tertiary/aromatic N) is 2. The van der Waals surface area contributed by atoms with Gasteiger partial charge in [-0.1, -0.05) is 79.5 Å². The molecule has 0 unspecified atom stereocenters. The van der Waals surface area contributed by atoms with Gasteiger partial charge in [0.05, 0.1) is 19.1 Å². The highest BCUT2D eigenvalue weighted by Gasteiger charge is 2.34. The van der Waals surface area contributed by atoms with Crippen LogP contribution in [0.3, 0.4) is 0 Å². The van der Waals surface area contributed by atoms with Crippen molar-refractivity contribution in [2.75, 3.05) is 30.8 Å². The minimum atomic E-state index is -3.95. The van der Waals surface area contributed by atoms with Crippen LogP contribution >= 0.6 is 23.2 Å². The first-order valence-corrected chi connectivity index (χ1v) is 16.1. The Kier molecular flexibility index (Phi) is 11.7. The van der Waals surface area contributed by atoms with Crippen LogP contribution in [0.1, 0.15) is 30.5 Å². The maximum Gasteiger partial charge on any atom is 0.244 e. The number of sulfonamides is 1. The molecule has 3 rings (SSSR count). The fourth-order valence-electron chi connectivity index (χ4n) is 4.40. The van der Waals surface area contributed by atoms with E-state index in [2.05, 4.69) is 5.32 Å².